The van der Waals surface area contributed by atoms with E-state index in [2.05, 4.69) is 36.1 Å². The van der Waals surface area contributed by atoms with E-state index in [9.17, 15) is 0 Å². The highest BCUT2D eigenvalue weighted by atomic mass is 35.5. The standard InChI is InChI=1S/C12H20ClN3/c1-4-6-11-15-10(13)7-12(16-11)14-8-9(3)5-2/h7,9H,4-6,8H2,1-3H3,(H,14,15,16). The third-order valence-electron chi connectivity index (χ3n) is 2.54. The number of rotatable bonds is 6. The van der Waals surface area contributed by atoms with Crippen LogP contribution in [0.25, 0.3) is 0 Å². The number of aryl methyl sites for hydroxylation is 1. The minimum atomic E-state index is 0.519. The van der Waals surface area contributed by atoms with Gasteiger partial charge in [0.05, 0.1) is 0 Å². The van der Waals surface area contributed by atoms with Gasteiger partial charge in [0.15, 0.2) is 0 Å². The van der Waals surface area contributed by atoms with Crippen LogP contribution >= 0.6 is 11.6 Å². The fraction of sp³-hybridized carbons (Fsp3) is 0.667. The van der Waals surface area contributed by atoms with Gasteiger partial charge in [-0.25, -0.2) is 9.97 Å². The smallest absolute Gasteiger partial charge is 0.134 e. The average Bonchev–Trinajstić information content (AvgIpc) is 2.25. The first-order chi connectivity index (χ1) is 7.65. The van der Waals surface area contributed by atoms with E-state index in [0.29, 0.717) is 11.1 Å². The van der Waals surface area contributed by atoms with Gasteiger partial charge in [-0.3, -0.25) is 0 Å². The first kappa shape index (κ1) is 13.2. The van der Waals surface area contributed by atoms with Crippen LogP contribution in [-0.4, -0.2) is 16.5 Å². The molecule has 1 N–H and O–H groups in total. The number of nitrogens with one attached hydrogen (secondary N) is 1. The van der Waals surface area contributed by atoms with Gasteiger partial charge in [0.1, 0.15) is 16.8 Å². The molecule has 1 aromatic heterocycles. The van der Waals surface area contributed by atoms with Crippen molar-refractivity contribution in [2.24, 2.45) is 5.92 Å². The molecule has 0 amide bonds. The maximum atomic E-state index is 5.94. The van der Waals surface area contributed by atoms with Crippen molar-refractivity contribution in [3.63, 3.8) is 0 Å². The summed E-state index contributed by atoms with van der Waals surface area (Å²) in [6, 6.07) is 1.78. The zero-order chi connectivity index (χ0) is 12.0. The predicted octanol–water partition coefficient (Wildman–Crippen LogP) is 3.54. The summed E-state index contributed by atoms with van der Waals surface area (Å²) in [5.74, 6) is 2.30. The van der Waals surface area contributed by atoms with Crippen molar-refractivity contribution in [1.29, 1.82) is 0 Å². The highest BCUT2D eigenvalue weighted by Gasteiger charge is 2.04. The number of halogens is 1. The van der Waals surface area contributed by atoms with Crippen molar-refractivity contribution in [3.05, 3.63) is 17.0 Å². The lowest BCUT2D eigenvalue weighted by molar-refractivity contribution is 0.592. The van der Waals surface area contributed by atoms with E-state index in [1.54, 1.807) is 6.07 Å². The summed E-state index contributed by atoms with van der Waals surface area (Å²) < 4.78 is 0. The first-order valence-corrected chi connectivity index (χ1v) is 6.30. The summed E-state index contributed by atoms with van der Waals surface area (Å²) in [6.07, 6.45) is 3.07. The second-order valence-corrected chi connectivity index (χ2v) is 4.52. The van der Waals surface area contributed by atoms with E-state index in [1.165, 1.54) is 0 Å². The molecule has 0 spiro atoms. The van der Waals surface area contributed by atoms with Crippen LogP contribution in [0.1, 0.15) is 39.4 Å². The molecule has 0 aromatic carbocycles. The first-order valence-electron chi connectivity index (χ1n) is 5.93. The van der Waals surface area contributed by atoms with Crippen molar-refractivity contribution < 1.29 is 0 Å². The zero-order valence-electron chi connectivity index (χ0n) is 10.3. The molecule has 0 aliphatic heterocycles. The maximum Gasteiger partial charge on any atom is 0.134 e. The molecule has 0 aliphatic carbocycles. The number of hydrogen-bond donors (Lipinski definition) is 1. The molecule has 0 fully saturated rings. The van der Waals surface area contributed by atoms with Crippen LogP contribution in [0.15, 0.2) is 6.07 Å². The Balaban J connectivity index is 2.64. The average molecular weight is 242 g/mol. The topological polar surface area (TPSA) is 37.8 Å². The molecule has 3 nitrogen and oxygen atoms in total. The Morgan fingerprint density at radius 1 is 1.38 bits per heavy atom. The Kier molecular flexibility index (Phi) is 5.53. The van der Waals surface area contributed by atoms with E-state index < -0.39 is 0 Å². The second kappa shape index (κ2) is 6.69. The SMILES string of the molecule is CCCc1nc(Cl)cc(NCC(C)CC)n1. The molecule has 0 saturated carbocycles. The quantitative estimate of drug-likeness (QED) is 0.775. The monoisotopic (exact) mass is 241 g/mol. The molecule has 0 saturated heterocycles. The van der Waals surface area contributed by atoms with Gasteiger partial charge in [0, 0.05) is 19.0 Å². The molecule has 1 heterocycles. The Hall–Kier alpha value is -0.830. The lowest BCUT2D eigenvalue weighted by Crippen LogP contribution is -2.12. The number of hydrogen-bond acceptors (Lipinski definition) is 3. The van der Waals surface area contributed by atoms with Crippen LogP contribution in [0.3, 0.4) is 0 Å². The minimum Gasteiger partial charge on any atom is -0.370 e. The Labute approximate surface area is 103 Å². The van der Waals surface area contributed by atoms with E-state index in [0.717, 1.165) is 37.4 Å². The van der Waals surface area contributed by atoms with E-state index >= 15 is 0 Å². The van der Waals surface area contributed by atoms with Crippen LogP contribution in [0.4, 0.5) is 5.82 Å². The summed E-state index contributed by atoms with van der Waals surface area (Å²) in [5, 5.41) is 3.82. The van der Waals surface area contributed by atoms with Gasteiger partial charge < -0.3 is 5.32 Å². The van der Waals surface area contributed by atoms with Crippen LogP contribution in [0, 0.1) is 5.92 Å². The van der Waals surface area contributed by atoms with Gasteiger partial charge >= 0.3 is 0 Å². The number of nitrogens with zero attached hydrogens (tertiary/aromatic N) is 2. The maximum absolute atomic E-state index is 5.94. The molecular formula is C12H20ClN3. The van der Waals surface area contributed by atoms with Crippen molar-refractivity contribution in [3.8, 4) is 0 Å². The van der Waals surface area contributed by atoms with Crippen LogP contribution in [0.2, 0.25) is 5.15 Å². The fourth-order valence-corrected chi connectivity index (χ4v) is 1.51. The van der Waals surface area contributed by atoms with Crippen LogP contribution in [0.5, 0.6) is 0 Å². The second-order valence-electron chi connectivity index (χ2n) is 4.14. The molecule has 4 heteroatoms. The highest BCUT2D eigenvalue weighted by molar-refractivity contribution is 6.29. The predicted molar refractivity (Wildman–Crippen MR) is 69.0 cm³/mol. The fourth-order valence-electron chi connectivity index (χ4n) is 1.31. The van der Waals surface area contributed by atoms with Crippen LogP contribution < -0.4 is 5.32 Å². The third kappa shape index (κ3) is 4.35. The van der Waals surface area contributed by atoms with Gasteiger partial charge in [-0.2, -0.15) is 0 Å². The molecule has 1 rings (SSSR count). The lowest BCUT2D eigenvalue weighted by Gasteiger charge is -2.11. The highest BCUT2D eigenvalue weighted by Crippen LogP contribution is 2.13. The molecular weight excluding hydrogens is 222 g/mol. The Bertz CT molecular complexity index is 328. The van der Waals surface area contributed by atoms with Gasteiger partial charge in [-0.1, -0.05) is 38.8 Å². The van der Waals surface area contributed by atoms with Crippen molar-refractivity contribution >= 4 is 17.4 Å². The van der Waals surface area contributed by atoms with Gasteiger partial charge in [-0.05, 0) is 12.3 Å². The number of anilines is 1. The summed E-state index contributed by atoms with van der Waals surface area (Å²) in [6.45, 7) is 7.43. The summed E-state index contributed by atoms with van der Waals surface area (Å²) >= 11 is 5.94. The normalized spacial score (nSPS) is 12.5. The van der Waals surface area contributed by atoms with Crippen molar-refractivity contribution in [1.82, 2.24) is 9.97 Å². The number of aromatic nitrogens is 2. The third-order valence-corrected chi connectivity index (χ3v) is 2.74. The Morgan fingerprint density at radius 2 is 2.12 bits per heavy atom. The summed E-state index contributed by atoms with van der Waals surface area (Å²) in [5.41, 5.74) is 0. The molecule has 0 bridgehead atoms. The lowest BCUT2D eigenvalue weighted by atomic mass is 10.1. The minimum absolute atomic E-state index is 0.519. The van der Waals surface area contributed by atoms with E-state index in [1.807, 2.05) is 0 Å². The molecule has 1 aromatic rings. The summed E-state index contributed by atoms with van der Waals surface area (Å²) in [4.78, 5) is 8.61. The molecule has 90 valence electrons. The van der Waals surface area contributed by atoms with E-state index in [4.69, 9.17) is 11.6 Å². The molecule has 0 radical (unpaired) electrons. The van der Waals surface area contributed by atoms with Gasteiger partial charge in [-0.15, -0.1) is 0 Å². The van der Waals surface area contributed by atoms with Crippen molar-refractivity contribution in [2.45, 2.75) is 40.0 Å². The van der Waals surface area contributed by atoms with E-state index in [-0.39, 0.29) is 0 Å². The van der Waals surface area contributed by atoms with Crippen LogP contribution in [-0.2, 0) is 6.42 Å². The zero-order valence-corrected chi connectivity index (χ0v) is 11.0. The summed E-state index contributed by atoms with van der Waals surface area (Å²) in [7, 11) is 0. The van der Waals surface area contributed by atoms with Gasteiger partial charge in [0.2, 0.25) is 0 Å². The van der Waals surface area contributed by atoms with Gasteiger partial charge in [0.25, 0.3) is 0 Å². The Morgan fingerprint density at radius 3 is 2.75 bits per heavy atom. The molecule has 1 unspecified atom stereocenters. The largest absolute Gasteiger partial charge is 0.370 e. The van der Waals surface area contributed by atoms with Crippen molar-refractivity contribution in [2.75, 3.05) is 11.9 Å². The molecule has 16 heavy (non-hydrogen) atoms. The molecule has 1 atom stereocenters. The molecule has 0 aliphatic rings.